The molecular formula is C24H16ClF2N5. The molecule has 0 bridgehead atoms. The van der Waals surface area contributed by atoms with Gasteiger partial charge in [-0.05, 0) is 48.5 Å². The van der Waals surface area contributed by atoms with Crippen molar-refractivity contribution in [3.8, 4) is 11.3 Å². The Morgan fingerprint density at radius 1 is 0.938 bits per heavy atom. The molecule has 0 radical (unpaired) electrons. The summed E-state index contributed by atoms with van der Waals surface area (Å²) in [5.41, 5.74) is 9.64. The number of nitrogens with two attached hydrogens (primary N) is 1. The SMILES string of the molecule is Nc1ccc(Nc2ncc3c(n2)-c2ccc(Cl)cc2C(c2c(F)cccc2F)=NC3)cc1. The first-order valence-corrected chi connectivity index (χ1v) is 10.1. The Morgan fingerprint density at radius 3 is 2.44 bits per heavy atom. The van der Waals surface area contributed by atoms with Crippen LogP contribution in [0.25, 0.3) is 11.3 Å². The summed E-state index contributed by atoms with van der Waals surface area (Å²) >= 11 is 6.24. The highest BCUT2D eigenvalue weighted by molar-refractivity contribution is 6.31. The lowest BCUT2D eigenvalue weighted by Gasteiger charge is -2.13. The molecule has 0 fully saturated rings. The summed E-state index contributed by atoms with van der Waals surface area (Å²) in [6.07, 6.45) is 1.66. The molecule has 3 aromatic carbocycles. The number of hydrogen-bond donors (Lipinski definition) is 2. The van der Waals surface area contributed by atoms with Gasteiger partial charge in [-0.1, -0.05) is 23.7 Å². The van der Waals surface area contributed by atoms with Gasteiger partial charge in [-0.15, -0.1) is 0 Å². The van der Waals surface area contributed by atoms with Crippen molar-refractivity contribution in [1.82, 2.24) is 9.97 Å². The van der Waals surface area contributed by atoms with Crippen LogP contribution in [0, 0.1) is 11.6 Å². The minimum absolute atomic E-state index is 0.160. The van der Waals surface area contributed by atoms with Gasteiger partial charge in [0.25, 0.3) is 0 Å². The Bertz CT molecular complexity index is 1350. The van der Waals surface area contributed by atoms with Crippen LogP contribution in [-0.4, -0.2) is 15.7 Å². The lowest BCUT2D eigenvalue weighted by Crippen LogP contribution is -2.10. The van der Waals surface area contributed by atoms with Crippen molar-refractivity contribution in [2.24, 2.45) is 4.99 Å². The predicted molar refractivity (Wildman–Crippen MR) is 122 cm³/mol. The first kappa shape index (κ1) is 20.1. The molecule has 0 spiro atoms. The second kappa shape index (κ2) is 8.01. The Morgan fingerprint density at radius 2 is 1.69 bits per heavy atom. The minimum Gasteiger partial charge on any atom is -0.399 e. The van der Waals surface area contributed by atoms with Gasteiger partial charge in [0.1, 0.15) is 11.6 Å². The molecule has 5 rings (SSSR count). The van der Waals surface area contributed by atoms with E-state index < -0.39 is 11.6 Å². The zero-order valence-corrected chi connectivity index (χ0v) is 17.4. The van der Waals surface area contributed by atoms with Gasteiger partial charge in [-0.2, -0.15) is 0 Å². The highest BCUT2D eigenvalue weighted by Gasteiger charge is 2.25. The fourth-order valence-electron chi connectivity index (χ4n) is 3.62. The number of benzene rings is 3. The molecule has 1 aromatic heterocycles. The molecule has 0 aliphatic carbocycles. The van der Waals surface area contributed by atoms with E-state index in [1.807, 2.05) is 12.1 Å². The maximum absolute atomic E-state index is 14.6. The van der Waals surface area contributed by atoms with Crippen molar-refractivity contribution in [2.45, 2.75) is 6.54 Å². The third-order valence-corrected chi connectivity index (χ3v) is 5.37. The molecule has 3 N–H and O–H groups in total. The fraction of sp³-hybridized carbons (Fsp3) is 0.0417. The van der Waals surface area contributed by atoms with Gasteiger partial charge in [0.05, 0.1) is 23.5 Å². The number of fused-ring (bicyclic) bond motifs is 3. The van der Waals surface area contributed by atoms with Crippen molar-refractivity contribution < 1.29 is 8.78 Å². The predicted octanol–water partition coefficient (Wildman–Crippen LogP) is 5.75. The summed E-state index contributed by atoms with van der Waals surface area (Å²) in [6, 6.07) is 16.0. The van der Waals surface area contributed by atoms with Crippen molar-refractivity contribution in [2.75, 3.05) is 11.1 Å². The van der Waals surface area contributed by atoms with E-state index in [0.29, 0.717) is 33.5 Å². The number of halogens is 3. The molecule has 0 saturated heterocycles. The molecule has 0 saturated carbocycles. The Hall–Kier alpha value is -3.84. The van der Waals surface area contributed by atoms with Crippen LogP contribution < -0.4 is 11.1 Å². The van der Waals surface area contributed by atoms with Crippen molar-refractivity contribution in [1.29, 1.82) is 0 Å². The van der Waals surface area contributed by atoms with Crippen LogP contribution in [0.4, 0.5) is 26.1 Å². The molecule has 1 aliphatic rings. The van der Waals surface area contributed by atoms with Crippen LogP contribution >= 0.6 is 11.6 Å². The van der Waals surface area contributed by atoms with E-state index in [2.05, 4.69) is 20.3 Å². The first-order valence-electron chi connectivity index (χ1n) is 9.77. The summed E-state index contributed by atoms with van der Waals surface area (Å²) in [4.78, 5) is 13.6. The number of aromatic nitrogens is 2. The standard InChI is InChI=1S/C24H16ClF2N5/c25-14-4-9-17-18(10-14)23(21-19(26)2-1-3-20(21)27)29-11-13-12-30-24(32-22(13)17)31-16-7-5-15(28)6-8-16/h1-10,12H,11,28H2,(H,30,31,32). The van der Waals surface area contributed by atoms with Gasteiger partial charge in [-0.25, -0.2) is 18.7 Å². The Kier molecular flexibility index (Phi) is 5.03. The summed E-state index contributed by atoms with van der Waals surface area (Å²) in [6.45, 7) is 0.160. The van der Waals surface area contributed by atoms with E-state index in [1.54, 1.807) is 36.5 Å². The zero-order valence-electron chi connectivity index (χ0n) is 16.6. The minimum atomic E-state index is -0.697. The quantitative estimate of drug-likeness (QED) is 0.392. The van der Waals surface area contributed by atoms with Gasteiger partial charge in [-0.3, -0.25) is 4.99 Å². The average molecular weight is 448 g/mol. The van der Waals surface area contributed by atoms with Gasteiger partial charge in [0.15, 0.2) is 0 Å². The molecule has 158 valence electrons. The molecule has 32 heavy (non-hydrogen) atoms. The Labute approximate surface area is 187 Å². The summed E-state index contributed by atoms with van der Waals surface area (Å²) in [5, 5.41) is 3.57. The number of anilines is 3. The van der Waals surface area contributed by atoms with Crippen LogP contribution in [0.2, 0.25) is 5.02 Å². The smallest absolute Gasteiger partial charge is 0.227 e. The number of rotatable bonds is 3. The third kappa shape index (κ3) is 3.67. The van der Waals surface area contributed by atoms with Crippen LogP contribution in [0.5, 0.6) is 0 Å². The summed E-state index contributed by atoms with van der Waals surface area (Å²) < 4.78 is 29.3. The zero-order chi connectivity index (χ0) is 22.2. The molecule has 0 unspecified atom stereocenters. The largest absolute Gasteiger partial charge is 0.399 e. The molecular weight excluding hydrogens is 432 g/mol. The molecule has 1 aliphatic heterocycles. The second-order valence-corrected chi connectivity index (χ2v) is 7.70. The normalized spacial score (nSPS) is 12.4. The van der Waals surface area contributed by atoms with E-state index in [1.165, 1.54) is 18.2 Å². The fourth-order valence-corrected chi connectivity index (χ4v) is 3.79. The molecule has 2 heterocycles. The number of nitrogen functional groups attached to an aromatic ring is 1. The molecule has 0 atom stereocenters. The molecule has 4 aromatic rings. The Balaban J connectivity index is 1.64. The topological polar surface area (TPSA) is 76.2 Å². The summed E-state index contributed by atoms with van der Waals surface area (Å²) in [5.74, 6) is -1.02. The third-order valence-electron chi connectivity index (χ3n) is 5.13. The van der Waals surface area contributed by atoms with Crippen LogP contribution in [0.3, 0.4) is 0 Å². The highest BCUT2D eigenvalue weighted by Crippen LogP contribution is 2.34. The van der Waals surface area contributed by atoms with E-state index in [-0.39, 0.29) is 17.8 Å². The van der Waals surface area contributed by atoms with Crippen molar-refractivity contribution in [3.63, 3.8) is 0 Å². The number of nitrogens with zero attached hydrogens (tertiary/aromatic N) is 3. The van der Waals surface area contributed by atoms with Gasteiger partial charge < -0.3 is 11.1 Å². The molecule has 5 nitrogen and oxygen atoms in total. The van der Waals surface area contributed by atoms with Gasteiger partial charge in [0.2, 0.25) is 5.95 Å². The van der Waals surface area contributed by atoms with E-state index in [4.69, 9.17) is 17.3 Å². The van der Waals surface area contributed by atoms with E-state index >= 15 is 0 Å². The average Bonchev–Trinajstić information content (AvgIpc) is 2.92. The number of aliphatic imine (C=N–C) groups is 1. The lowest BCUT2D eigenvalue weighted by molar-refractivity contribution is 0.579. The number of hydrogen-bond acceptors (Lipinski definition) is 5. The molecule has 0 amide bonds. The van der Waals surface area contributed by atoms with Crippen LogP contribution in [0.1, 0.15) is 16.7 Å². The van der Waals surface area contributed by atoms with E-state index in [9.17, 15) is 8.78 Å². The number of nitrogens with one attached hydrogen (secondary N) is 1. The van der Waals surface area contributed by atoms with Gasteiger partial charge >= 0.3 is 0 Å². The van der Waals surface area contributed by atoms with Crippen LogP contribution in [0.15, 0.2) is 71.9 Å². The second-order valence-electron chi connectivity index (χ2n) is 7.27. The maximum atomic E-state index is 14.6. The van der Waals surface area contributed by atoms with Crippen LogP contribution in [-0.2, 0) is 6.54 Å². The van der Waals surface area contributed by atoms with Crippen molar-refractivity contribution in [3.05, 3.63) is 100 Å². The monoisotopic (exact) mass is 447 g/mol. The van der Waals surface area contributed by atoms with Gasteiger partial charge in [0, 0.05) is 39.3 Å². The lowest BCUT2D eigenvalue weighted by atomic mass is 9.95. The van der Waals surface area contributed by atoms with E-state index in [0.717, 1.165) is 11.3 Å². The highest BCUT2D eigenvalue weighted by atomic mass is 35.5. The van der Waals surface area contributed by atoms with Crippen molar-refractivity contribution >= 4 is 34.6 Å². The maximum Gasteiger partial charge on any atom is 0.227 e. The molecule has 8 heteroatoms. The summed E-state index contributed by atoms with van der Waals surface area (Å²) in [7, 11) is 0. The first-order chi connectivity index (χ1) is 15.5.